The smallest absolute Gasteiger partial charge is 0.258 e. The Kier molecular flexibility index (Phi) is 12.8. The number of aromatic nitrogens is 2. The molecule has 0 amide bonds. The number of rotatable bonds is 19. The van der Waals surface area contributed by atoms with Crippen LogP contribution < -0.4 is 9.47 Å². The lowest BCUT2D eigenvalue weighted by molar-refractivity contribution is 0.304. The van der Waals surface area contributed by atoms with Gasteiger partial charge in [0.2, 0.25) is 5.82 Å². The molecule has 0 radical (unpaired) electrons. The molecule has 0 spiro atoms. The van der Waals surface area contributed by atoms with E-state index in [4.69, 9.17) is 14.0 Å². The molecule has 3 aromatic carbocycles. The predicted molar refractivity (Wildman–Crippen MR) is 168 cm³/mol. The van der Waals surface area contributed by atoms with Crippen molar-refractivity contribution in [1.82, 2.24) is 10.1 Å². The van der Waals surface area contributed by atoms with Crippen molar-refractivity contribution in [3.05, 3.63) is 72.8 Å². The molecule has 0 saturated carbocycles. The van der Waals surface area contributed by atoms with Crippen LogP contribution in [0.15, 0.2) is 77.3 Å². The van der Waals surface area contributed by atoms with Crippen LogP contribution in [0.3, 0.4) is 0 Å². The van der Waals surface area contributed by atoms with E-state index in [0.29, 0.717) is 11.7 Å². The van der Waals surface area contributed by atoms with Gasteiger partial charge in [0.1, 0.15) is 11.5 Å². The summed E-state index contributed by atoms with van der Waals surface area (Å²) in [4.78, 5) is 4.63. The van der Waals surface area contributed by atoms with E-state index >= 15 is 0 Å². The highest BCUT2D eigenvalue weighted by Gasteiger charge is 2.11. The SMILES string of the molecule is CCCCCCCCOc1ccc(-c2ccc(-c3noc(-c4ccc(OCCCCCCCC)cc4)n3)cc2)cc1. The first kappa shape index (κ1) is 30.4. The lowest BCUT2D eigenvalue weighted by Crippen LogP contribution is -1.97. The third kappa shape index (κ3) is 10.1. The van der Waals surface area contributed by atoms with E-state index in [1.807, 2.05) is 36.4 Å². The van der Waals surface area contributed by atoms with Crippen LogP contribution in [0, 0.1) is 0 Å². The molecule has 0 aliphatic heterocycles. The molecule has 0 aliphatic rings. The first-order chi connectivity index (χ1) is 20.3. The summed E-state index contributed by atoms with van der Waals surface area (Å²) < 4.78 is 17.4. The van der Waals surface area contributed by atoms with E-state index in [1.165, 1.54) is 64.2 Å². The highest BCUT2D eigenvalue weighted by molar-refractivity contribution is 5.68. The molecule has 0 saturated heterocycles. The molecule has 0 atom stereocenters. The molecule has 41 heavy (non-hydrogen) atoms. The van der Waals surface area contributed by atoms with Crippen LogP contribution in [-0.4, -0.2) is 23.4 Å². The molecular weight excluding hydrogens is 508 g/mol. The summed E-state index contributed by atoms with van der Waals surface area (Å²) in [6, 6.07) is 24.5. The summed E-state index contributed by atoms with van der Waals surface area (Å²) in [6.07, 6.45) is 15.2. The van der Waals surface area contributed by atoms with Crippen molar-refractivity contribution in [2.24, 2.45) is 0 Å². The van der Waals surface area contributed by atoms with Crippen LogP contribution >= 0.6 is 0 Å². The van der Waals surface area contributed by atoms with Gasteiger partial charge in [0.25, 0.3) is 5.89 Å². The maximum absolute atomic E-state index is 5.93. The van der Waals surface area contributed by atoms with Crippen LogP contribution in [0.1, 0.15) is 90.9 Å². The van der Waals surface area contributed by atoms with E-state index in [0.717, 1.165) is 59.8 Å². The molecule has 1 aromatic heterocycles. The Morgan fingerprint density at radius 3 is 1.41 bits per heavy atom. The fourth-order valence-electron chi connectivity index (χ4n) is 4.85. The molecule has 5 heteroatoms. The van der Waals surface area contributed by atoms with Crippen molar-refractivity contribution in [2.75, 3.05) is 13.2 Å². The second kappa shape index (κ2) is 17.3. The molecular formula is C36H46N2O3. The fraction of sp³-hybridized carbons (Fsp3) is 0.444. The van der Waals surface area contributed by atoms with Gasteiger partial charge in [-0.3, -0.25) is 0 Å². The average Bonchev–Trinajstić information content (AvgIpc) is 3.51. The molecule has 0 fully saturated rings. The lowest BCUT2D eigenvalue weighted by Gasteiger charge is -2.08. The Balaban J connectivity index is 1.24. The van der Waals surface area contributed by atoms with Gasteiger partial charge in [0, 0.05) is 11.1 Å². The minimum atomic E-state index is 0.503. The van der Waals surface area contributed by atoms with Crippen molar-refractivity contribution in [1.29, 1.82) is 0 Å². The van der Waals surface area contributed by atoms with E-state index in [-0.39, 0.29) is 0 Å². The summed E-state index contributed by atoms with van der Waals surface area (Å²) in [7, 11) is 0. The molecule has 4 aromatic rings. The first-order valence-corrected chi connectivity index (χ1v) is 15.7. The van der Waals surface area contributed by atoms with E-state index in [1.54, 1.807) is 0 Å². The Labute approximate surface area is 246 Å². The summed E-state index contributed by atoms with van der Waals surface area (Å²) >= 11 is 0. The largest absolute Gasteiger partial charge is 0.494 e. The van der Waals surface area contributed by atoms with Crippen LogP contribution in [0.4, 0.5) is 0 Å². The fourth-order valence-corrected chi connectivity index (χ4v) is 4.85. The van der Waals surface area contributed by atoms with Gasteiger partial charge in [0.05, 0.1) is 13.2 Å². The van der Waals surface area contributed by atoms with Crippen LogP contribution in [0.2, 0.25) is 0 Å². The summed E-state index contributed by atoms with van der Waals surface area (Å²) in [5.74, 6) is 2.88. The molecule has 5 nitrogen and oxygen atoms in total. The zero-order chi connectivity index (χ0) is 28.5. The van der Waals surface area contributed by atoms with Gasteiger partial charge in [-0.15, -0.1) is 0 Å². The molecule has 0 aliphatic carbocycles. The minimum absolute atomic E-state index is 0.503. The minimum Gasteiger partial charge on any atom is -0.494 e. The monoisotopic (exact) mass is 554 g/mol. The number of benzene rings is 3. The van der Waals surface area contributed by atoms with Gasteiger partial charge in [-0.25, -0.2) is 0 Å². The van der Waals surface area contributed by atoms with Gasteiger partial charge >= 0.3 is 0 Å². The first-order valence-electron chi connectivity index (χ1n) is 15.7. The van der Waals surface area contributed by atoms with Gasteiger partial charge < -0.3 is 14.0 Å². The summed E-state index contributed by atoms with van der Waals surface area (Å²) in [5.41, 5.74) is 4.08. The lowest BCUT2D eigenvalue weighted by atomic mass is 10.0. The number of nitrogens with zero attached hydrogens (tertiary/aromatic N) is 2. The van der Waals surface area contributed by atoms with Gasteiger partial charge in [0.15, 0.2) is 0 Å². The summed E-state index contributed by atoms with van der Waals surface area (Å²) in [5, 5.41) is 4.21. The third-order valence-electron chi connectivity index (χ3n) is 7.39. The number of unbranched alkanes of at least 4 members (excludes halogenated alkanes) is 10. The Morgan fingerprint density at radius 2 is 0.902 bits per heavy atom. The highest BCUT2D eigenvalue weighted by Crippen LogP contribution is 2.28. The van der Waals surface area contributed by atoms with Gasteiger partial charge in [-0.05, 0) is 60.4 Å². The average molecular weight is 555 g/mol. The molecule has 218 valence electrons. The molecule has 4 rings (SSSR count). The predicted octanol–water partition coefficient (Wildman–Crippen LogP) is 10.5. The Morgan fingerprint density at radius 1 is 0.488 bits per heavy atom. The number of hydrogen-bond donors (Lipinski definition) is 0. The molecule has 0 bridgehead atoms. The van der Waals surface area contributed by atoms with Gasteiger partial charge in [-0.2, -0.15) is 4.98 Å². The Bertz CT molecular complexity index is 1250. The second-order valence-corrected chi connectivity index (χ2v) is 10.8. The standard InChI is InChI=1S/C36H46N2O3/c1-3-5-7-9-11-13-27-39-33-23-19-30(20-24-33)29-15-17-31(18-16-29)35-37-36(41-38-35)32-21-25-34(26-22-32)40-28-14-12-10-8-6-4-2/h15-26H,3-14,27-28H2,1-2H3. The van der Waals surface area contributed by atoms with Crippen molar-refractivity contribution in [2.45, 2.75) is 90.9 Å². The van der Waals surface area contributed by atoms with Crippen molar-refractivity contribution >= 4 is 0 Å². The maximum Gasteiger partial charge on any atom is 0.258 e. The molecule has 1 heterocycles. The number of ether oxygens (including phenoxy) is 2. The van der Waals surface area contributed by atoms with Crippen LogP contribution in [0.25, 0.3) is 34.0 Å². The summed E-state index contributed by atoms with van der Waals surface area (Å²) in [6.45, 7) is 6.03. The maximum atomic E-state index is 5.93. The molecule has 0 N–H and O–H groups in total. The quantitative estimate of drug-likeness (QED) is 0.108. The van der Waals surface area contributed by atoms with Crippen molar-refractivity contribution in [3.63, 3.8) is 0 Å². The molecule has 0 unspecified atom stereocenters. The van der Waals surface area contributed by atoms with Crippen molar-refractivity contribution in [3.8, 4) is 45.5 Å². The van der Waals surface area contributed by atoms with Crippen LogP contribution in [-0.2, 0) is 0 Å². The second-order valence-electron chi connectivity index (χ2n) is 10.8. The third-order valence-corrected chi connectivity index (χ3v) is 7.39. The zero-order valence-corrected chi connectivity index (χ0v) is 24.9. The normalized spacial score (nSPS) is 11.1. The van der Waals surface area contributed by atoms with E-state index in [9.17, 15) is 0 Å². The van der Waals surface area contributed by atoms with E-state index in [2.05, 4.69) is 60.4 Å². The number of hydrogen-bond acceptors (Lipinski definition) is 5. The highest BCUT2D eigenvalue weighted by atomic mass is 16.5. The Hall–Kier alpha value is -3.60. The van der Waals surface area contributed by atoms with E-state index < -0.39 is 0 Å². The zero-order valence-electron chi connectivity index (χ0n) is 24.9. The topological polar surface area (TPSA) is 57.4 Å². The van der Waals surface area contributed by atoms with Crippen LogP contribution in [0.5, 0.6) is 11.5 Å². The van der Waals surface area contributed by atoms with Crippen molar-refractivity contribution < 1.29 is 14.0 Å². The van der Waals surface area contributed by atoms with Gasteiger partial charge in [-0.1, -0.05) is 120 Å².